The molecule has 0 unspecified atom stereocenters. The van der Waals surface area contributed by atoms with Gasteiger partial charge in [0.25, 0.3) is 0 Å². The van der Waals surface area contributed by atoms with Crippen molar-refractivity contribution in [3.05, 3.63) is 11.4 Å². The molecular formula is C10H18N4O. The minimum atomic E-state index is 0.543. The van der Waals surface area contributed by atoms with Crippen molar-refractivity contribution in [2.24, 2.45) is 0 Å². The second-order valence-electron chi connectivity index (χ2n) is 3.52. The van der Waals surface area contributed by atoms with Gasteiger partial charge in [-0.2, -0.15) is 0 Å². The molecular weight excluding hydrogens is 192 g/mol. The summed E-state index contributed by atoms with van der Waals surface area (Å²) in [5.74, 6) is 2.11. The molecule has 0 fully saturated rings. The summed E-state index contributed by atoms with van der Waals surface area (Å²) in [6, 6.07) is 0. The minimum Gasteiger partial charge on any atom is -0.383 e. The normalized spacial score (nSPS) is 10.4. The van der Waals surface area contributed by atoms with Crippen LogP contribution in [0.15, 0.2) is 0 Å². The number of hydrogen-bond acceptors (Lipinski definition) is 5. The molecule has 0 spiro atoms. The number of nitrogens with zero attached hydrogens (tertiary/aromatic N) is 3. The van der Waals surface area contributed by atoms with E-state index in [1.54, 1.807) is 7.11 Å². The minimum absolute atomic E-state index is 0.543. The first-order valence-corrected chi connectivity index (χ1v) is 4.87. The molecule has 2 N–H and O–H groups in total. The first-order chi connectivity index (χ1) is 7.06. The number of aromatic nitrogens is 2. The van der Waals surface area contributed by atoms with E-state index in [0.717, 1.165) is 17.9 Å². The highest BCUT2D eigenvalue weighted by Gasteiger charge is 2.10. The molecule has 0 aliphatic rings. The van der Waals surface area contributed by atoms with Crippen LogP contribution in [0, 0.1) is 13.8 Å². The fourth-order valence-electron chi connectivity index (χ4n) is 1.34. The predicted octanol–water partition coefficient (Wildman–Crippen LogP) is 0.758. The number of rotatable bonds is 4. The third-order valence-corrected chi connectivity index (χ3v) is 2.26. The van der Waals surface area contributed by atoms with Crippen LogP contribution in [0.25, 0.3) is 0 Å². The quantitative estimate of drug-likeness (QED) is 0.794. The summed E-state index contributed by atoms with van der Waals surface area (Å²) in [6.07, 6.45) is 0. The maximum Gasteiger partial charge on any atom is 0.137 e. The molecule has 0 aliphatic carbocycles. The van der Waals surface area contributed by atoms with Crippen LogP contribution >= 0.6 is 0 Å². The molecule has 1 aromatic heterocycles. The Bertz CT molecular complexity index is 340. The molecule has 0 aromatic carbocycles. The Balaban J connectivity index is 2.92. The van der Waals surface area contributed by atoms with Crippen molar-refractivity contribution in [1.82, 2.24) is 9.97 Å². The van der Waals surface area contributed by atoms with Gasteiger partial charge in [-0.3, -0.25) is 0 Å². The zero-order valence-corrected chi connectivity index (χ0v) is 9.74. The molecule has 0 atom stereocenters. The van der Waals surface area contributed by atoms with Crippen LogP contribution in [0.3, 0.4) is 0 Å². The van der Waals surface area contributed by atoms with Crippen LogP contribution in [0.1, 0.15) is 11.4 Å². The SMILES string of the molecule is COCCN(C)c1nc(C)nc(N)c1C. The summed E-state index contributed by atoms with van der Waals surface area (Å²) < 4.78 is 5.02. The summed E-state index contributed by atoms with van der Waals surface area (Å²) in [5.41, 5.74) is 6.69. The van der Waals surface area contributed by atoms with E-state index in [2.05, 4.69) is 9.97 Å². The van der Waals surface area contributed by atoms with Crippen molar-refractivity contribution in [3.63, 3.8) is 0 Å². The Morgan fingerprint density at radius 2 is 2.00 bits per heavy atom. The molecule has 1 heterocycles. The average Bonchev–Trinajstić information content (AvgIpc) is 2.19. The number of methoxy groups -OCH3 is 1. The van der Waals surface area contributed by atoms with E-state index in [9.17, 15) is 0 Å². The third-order valence-electron chi connectivity index (χ3n) is 2.26. The highest BCUT2D eigenvalue weighted by molar-refractivity contribution is 5.55. The zero-order chi connectivity index (χ0) is 11.4. The van der Waals surface area contributed by atoms with E-state index in [-0.39, 0.29) is 0 Å². The maximum absolute atomic E-state index is 5.78. The molecule has 0 amide bonds. The van der Waals surface area contributed by atoms with E-state index < -0.39 is 0 Å². The molecule has 5 nitrogen and oxygen atoms in total. The molecule has 0 saturated heterocycles. The van der Waals surface area contributed by atoms with Gasteiger partial charge in [-0.1, -0.05) is 0 Å². The van der Waals surface area contributed by atoms with Gasteiger partial charge in [0.2, 0.25) is 0 Å². The lowest BCUT2D eigenvalue weighted by Crippen LogP contribution is -2.24. The van der Waals surface area contributed by atoms with E-state index in [0.29, 0.717) is 18.2 Å². The Morgan fingerprint density at radius 1 is 1.33 bits per heavy atom. The van der Waals surface area contributed by atoms with Crippen LogP contribution in [0.5, 0.6) is 0 Å². The summed E-state index contributed by atoms with van der Waals surface area (Å²) in [7, 11) is 3.65. The number of nitrogens with two attached hydrogens (primary N) is 1. The van der Waals surface area contributed by atoms with Crippen molar-refractivity contribution in [2.45, 2.75) is 13.8 Å². The Hall–Kier alpha value is -1.36. The van der Waals surface area contributed by atoms with Gasteiger partial charge >= 0.3 is 0 Å². The number of anilines is 2. The summed E-state index contributed by atoms with van der Waals surface area (Å²) >= 11 is 0. The topological polar surface area (TPSA) is 64.3 Å². The third kappa shape index (κ3) is 2.79. The first-order valence-electron chi connectivity index (χ1n) is 4.87. The Labute approximate surface area is 90.3 Å². The van der Waals surface area contributed by atoms with Crippen LogP contribution < -0.4 is 10.6 Å². The van der Waals surface area contributed by atoms with Crippen LogP contribution in [-0.4, -0.2) is 37.3 Å². The fraction of sp³-hybridized carbons (Fsp3) is 0.600. The Morgan fingerprint density at radius 3 is 2.60 bits per heavy atom. The van der Waals surface area contributed by atoms with Gasteiger partial charge < -0.3 is 15.4 Å². The molecule has 1 aromatic rings. The number of likely N-dealkylation sites (N-methyl/N-ethyl adjacent to an activating group) is 1. The molecule has 15 heavy (non-hydrogen) atoms. The lowest BCUT2D eigenvalue weighted by molar-refractivity contribution is 0.206. The van der Waals surface area contributed by atoms with Crippen molar-refractivity contribution in [3.8, 4) is 0 Å². The number of nitrogen functional groups attached to an aromatic ring is 1. The van der Waals surface area contributed by atoms with Gasteiger partial charge in [0, 0.05) is 26.3 Å². The fourth-order valence-corrected chi connectivity index (χ4v) is 1.34. The molecule has 0 radical (unpaired) electrons. The number of ether oxygens (including phenoxy) is 1. The first kappa shape index (κ1) is 11.7. The van der Waals surface area contributed by atoms with Crippen molar-refractivity contribution < 1.29 is 4.74 Å². The molecule has 5 heteroatoms. The maximum atomic E-state index is 5.78. The lowest BCUT2D eigenvalue weighted by atomic mass is 10.3. The monoisotopic (exact) mass is 210 g/mol. The van der Waals surface area contributed by atoms with E-state index >= 15 is 0 Å². The number of hydrogen-bond donors (Lipinski definition) is 1. The van der Waals surface area contributed by atoms with Crippen LogP contribution in [-0.2, 0) is 4.74 Å². The molecule has 0 aliphatic heterocycles. The lowest BCUT2D eigenvalue weighted by Gasteiger charge is -2.20. The van der Waals surface area contributed by atoms with Gasteiger partial charge in [0.05, 0.1) is 6.61 Å². The summed E-state index contributed by atoms with van der Waals surface area (Å²) in [6.45, 7) is 5.21. The Kier molecular flexibility index (Phi) is 3.85. The van der Waals surface area contributed by atoms with Crippen LogP contribution in [0.4, 0.5) is 11.6 Å². The van der Waals surface area contributed by atoms with Crippen molar-refractivity contribution in [1.29, 1.82) is 0 Å². The molecule has 84 valence electrons. The highest BCUT2D eigenvalue weighted by Crippen LogP contribution is 2.19. The van der Waals surface area contributed by atoms with Gasteiger partial charge in [0.15, 0.2) is 0 Å². The van der Waals surface area contributed by atoms with Crippen molar-refractivity contribution >= 4 is 11.6 Å². The largest absolute Gasteiger partial charge is 0.383 e. The summed E-state index contributed by atoms with van der Waals surface area (Å²) in [5, 5.41) is 0. The van der Waals surface area contributed by atoms with E-state index in [1.165, 1.54) is 0 Å². The van der Waals surface area contributed by atoms with Crippen molar-refractivity contribution in [2.75, 3.05) is 37.9 Å². The second kappa shape index (κ2) is 4.93. The van der Waals surface area contributed by atoms with Gasteiger partial charge in [-0.05, 0) is 13.8 Å². The second-order valence-corrected chi connectivity index (χ2v) is 3.52. The van der Waals surface area contributed by atoms with Gasteiger partial charge in [-0.25, -0.2) is 9.97 Å². The highest BCUT2D eigenvalue weighted by atomic mass is 16.5. The van der Waals surface area contributed by atoms with E-state index in [4.69, 9.17) is 10.5 Å². The molecule has 1 rings (SSSR count). The smallest absolute Gasteiger partial charge is 0.137 e. The average molecular weight is 210 g/mol. The summed E-state index contributed by atoms with van der Waals surface area (Å²) in [4.78, 5) is 10.5. The zero-order valence-electron chi connectivity index (χ0n) is 9.74. The predicted molar refractivity (Wildman–Crippen MR) is 61.1 cm³/mol. The number of aryl methyl sites for hydroxylation is 1. The molecule has 0 bridgehead atoms. The van der Waals surface area contributed by atoms with E-state index in [1.807, 2.05) is 25.8 Å². The standard InChI is InChI=1S/C10H18N4O/c1-7-9(11)12-8(2)13-10(7)14(3)5-6-15-4/h5-6H2,1-4H3,(H2,11,12,13). The van der Waals surface area contributed by atoms with Gasteiger partial charge in [-0.15, -0.1) is 0 Å². The van der Waals surface area contributed by atoms with Gasteiger partial charge in [0.1, 0.15) is 17.5 Å². The van der Waals surface area contributed by atoms with Crippen LogP contribution in [0.2, 0.25) is 0 Å². The molecule has 0 saturated carbocycles.